The third-order valence-electron chi connectivity index (χ3n) is 3.05. The number of aliphatic hydroxyl groups is 1. The summed E-state index contributed by atoms with van der Waals surface area (Å²) >= 11 is 3.34. The third-order valence-corrected chi connectivity index (χ3v) is 3.71. The maximum absolute atomic E-state index is 11.3. The van der Waals surface area contributed by atoms with Crippen molar-refractivity contribution in [1.29, 1.82) is 0 Å². The molecule has 1 aliphatic rings. The molecule has 1 N–H and O–H groups in total. The zero-order chi connectivity index (χ0) is 12.0. The summed E-state index contributed by atoms with van der Waals surface area (Å²) in [6.07, 6.45) is 4.43. The van der Waals surface area contributed by atoms with Gasteiger partial charge in [-0.1, -0.05) is 22.4 Å². The lowest BCUT2D eigenvalue weighted by Crippen LogP contribution is -2.45. The highest BCUT2D eigenvalue weighted by Gasteiger charge is 2.28. The smallest absolute Gasteiger partial charge is 0.320 e. The molecule has 0 spiro atoms. The molecule has 1 fully saturated rings. The van der Waals surface area contributed by atoms with Crippen LogP contribution >= 0.6 is 15.9 Å². The van der Waals surface area contributed by atoms with E-state index in [1.165, 1.54) is 26.4 Å². The standard InChI is InChI=1S/C11H20BrNO3/c1-16-11(15)10(12)8-13(6-3-7-14)9-4-2-5-9/h9-10,14H,2-8H2,1H3. The van der Waals surface area contributed by atoms with Crippen LogP contribution in [0.25, 0.3) is 0 Å². The van der Waals surface area contributed by atoms with Gasteiger partial charge >= 0.3 is 5.97 Å². The topological polar surface area (TPSA) is 49.8 Å². The summed E-state index contributed by atoms with van der Waals surface area (Å²) < 4.78 is 4.69. The molecule has 0 aromatic rings. The Morgan fingerprint density at radius 3 is 2.75 bits per heavy atom. The number of esters is 1. The lowest BCUT2D eigenvalue weighted by atomic mass is 9.91. The Kier molecular flexibility index (Phi) is 6.31. The van der Waals surface area contributed by atoms with Crippen molar-refractivity contribution in [1.82, 2.24) is 4.90 Å². The molecule has 1 atom stereocenters. The van der Waals surface area contributed by atoms with Gasteiger partial charge in [-0.3, -0.25) is 9.69 Å². The molecule has 1 saturated carbocycles. The van der Waals surface area contributed by atoms with Crippen molar-refractivity contribution in [3.8, 4) is 0 Å². The number of hydrogen-bond donors (Lipinski definition) is 1. The number of nitrogens with zero attached hydrogens (tertiary/aromatic N) is 1. The molecule has 0 heterocycles. The number of carbonyl (C=O) groups is 1. The van der Waals surface area contributed by atoms with Crippen molar-refractivity contribution in [3.63, 3.8) is 0 Å². The summed E-state index contributed by atoms with van der Waals surface area (Å²) in [5, 5.41) is 8.85. The van der Waals surface area contributed by atoms with Gasteiger partial charge in [-0.05, 0) is 19.3 Å². The van der Waals surface area contributed by atoms with Crippen molar-refractivity contribution < 1.29 is 14.6 Å². The van der Waals surface area contributed by atoms with Crippen molar-refractivity contribution in [2.45, 2.75) is 36.6 Å². The first-order valence-electron chi connectivity index (χ1n) is 5.76. The van der Waals surface area contributed by atoms with Gasteiger partial charge in [0, 0.05) is 25.7 Å². The van der Waals surface area contributed by atoms with E-state index in [4.69, 9.17) is 5.11 Å². The minimum Gasteiger partial charge on any atom is -0.468 e. The predicted octanol–water partition coefficient (Wildman–Crippen LogP) is 1.16. The molecule has 4 nitrogen and oxygen atoms in total. The Hall–Kier alpha value is -0.130. The fraction of sp³-hybridized carbons (Fsp3) is 0.909. The number of ether oxygens (including phenoxy) is 1. The molecule has 16 heavy (non-hydrogen) atoms. The first-order valence-corrected chi connectivity index (χ1v) is 6.67. The van der Waals surface area contributed by atoms with E-state index in [1.807, 2.05) is 0 Å². The van der Waals surface area contributed by atoms with Gasteiger partial charge in [-0.25, -0.2) is 0 Å². The van der Waals surface area contributed by atoms with Gasteiger partial charge < -0.3 is 9.84 Å². The highest BCUT2D eigenvalue weighted by Crippen LogP contribution is 2.25. The molecule has 0 amide bonds. The van der Waals surface area contributed by atoms with Crippen molar-refractivity contribution in [3.05, 3.63) is 0 Å². The van der Waals surface area contributed by atoms with Crippen LogP contribution in [0.2, 0.25) is 0 Å². The van der Waals surface area contributed by atoms with Crippen LogP contribution in [0.4, 0.5) is 0 Å². The van der Waals surface area contributed by atoms with Crippen LogP contribution in [-0.4, -0.2) is 53.7 Å². The number of methoxy groups -OCH3 is 1. The Morgan fingerprint density at radius 2 is 2.31 bits per heavy atom. The molecule has 1 unspecified atom stereocenters. The second-order valence-corrected chi connectivity index (χ2v) is 5.25. The van der Waals surface area contributed by atoms with Gasteiger partial charge in [0.25, 0.3) is 0 Å². The maximum Gasteiger partial charge on any atom is 0.320 e. The summed E-state index contributed by atoms with van der Waals surface area (Å²) in [5.41, 5.74) is 0. The molecule has 0 aliphatic heterocycles. The largest absolute Gasteiger partial charge is 0.468 e. The number of hydrogen-bond acceptors (Lipinski definition) is 4. The van der Waals surface area contributed by atoms with Gasteiger partial charge in [0.1, 0.15) is 4.83 Å². The van der Waals surface area contributed by atoms with E-state index in [-0.39, 0.29) is 17.4 Å². The second-order valence-electron chi connectivity index (χ2n) is 4.15. The van der Waals surface area contributed by atoms with Crippen LogP contribution in [0.3, 0.4) is 0 Å². The normalized spacial score (nSPS) is 18.2. The highest BCUT2D eigenvalue weighted by atomic mass is 79.9. The zero-order valence-corrected chi connectivity index (χ0v) is 11.3. The maximum atomic E-state index is 11.3. The van der Waals surface area contributed by atoms with E-state index in [0.717, 1.165) is 13.0 Å². The van der Waals surface area contributed by atoms with E-state index < -0.39 is 0 Å². The van der Waals surface area contributed by atoms with Crippen LogP contribution in [0.1, 0.15) is 25.7 Å². The Labute approximate surface area is 105 Å². The Bertz CT molecular complexity index is 221. The predicted molar refractivity (Wildman–Crippen MR) is 65.6 cm³/mol. The van der Waals surface area contributed by atoms with Crippen LogP contribution in [0, 0.1) is 0 Å². The van der Waals surface area contributed by atoms with Gasteiger partial charge in [-0.2, -0.15) is 0 Å². The minimum atomic E-state index is -0.267. The van der Waals surface area contributed by atoms with E-state index >= 15 is 0 Å². The van der Waals surface area contributed by atoms with Crippen molar-refractivity contribution in [2.75, 3.05) is 26.8 Å². The number of alkyl halides is 1. The summed E-state index contributed by atoms with van der Waals surface area (Å²) in [5.74, 6) is -0.228. The van der Waals surface area contributed by atoms with Crippen molar-refractivity contribution in [2.24, 2.45) is 0 Å². The minimum absolute atomic E-state index is 0.203. The summed E-state index contributed by atoms with van der Waals surface area (Å²) in [7, 11) is 1.40. The second kappa shape index (κ2) is 7.25. The average molecular weight is 294 g/mol. The molecule has 1 rings (SSSR count). The molecule has 5 heteroatoms. The van der Waals surface area contributed by atoms with E-state index in [2.05, 4.69) is 25.6 Å². The Morgan fingerprint density at radius 1 is 1.62 bits per heavy atom. The first-order chi connectivity index (χ1) is 7.69. The molecule has 1 aliphatic carbocycles. The van der Waals surface area contributed by atoms with Crippen LogP contribution < -0.4 is 0 Å². The van der Waals surface area contributed by atoms with E-state index in [9.17, 15) is 4.79 Å². The van der Waals surface area contributed by atoms with Crippen molar-refractivity contribution >= 4 is 21.9 Å². The molecule has 0 aromatic carbocycles. The molecule has 0 aromatic heterocycles. The van der Waals surface area contributed by atoms with E-state index in [1.54, 1.807) is 0 Å². The van der Waals surface area contributed by atoms with Gasteiger partial charge in [0.2, 0.25) is 0 Å². The number of rotatable bonds is 7. The first kappa shape index (κ1) is 13.9. The zero-order valence-electron chi connectivity index (χ0n) is 9.69. The summed E-state index contributed by atoms with van der Waals surface area (Å²) in [6, 6.07) is 0.580. The number of aliphatic hydroxyl groups excluding tert-OH is 1. The van der Waals surface area contributed by atoms with Crippen LogP contribution in [-0.2, 0) is 9.53 Å². The number of carbonyl (C=O) groups excluding carboxylic acids is 1. The molecule has 94 valence electrons. The lowest BCUT2D eigenvalue weighted by molar-refractivity contribution is -0.140. The van der Waals surface area contributed by atoms with Gasteiger partial charge in [-0.15, -0.1) is 0 Å². The summed E-state index contributed by atoms with van der Waals surface area (Å²) in [4.78, 5) is 13.3. The fourth-order valence-electron chi connectivity index (χ4n) is 1.86. The van der Waals surface area contributed by atoms with Crippen LogP contribution in [0.15, 0.2) is 0 Å². The quantitative estimate of drug-likeness (QED) is 0.565. The monoisotopic (exact) mass is 293 g/mol. The molecule has 0 radical (unpaired) electrons. The van der Waals surface area contributed by atoms with E-state index in [0.29, 0.717) is 12.6 Å². The third kappa shape index (κ3) is 4.03. The fourth-order valence-corrected chi connectivity index (χ4v) is 2.42. The molecule has 0 saturated heterocycles. The molecular formula is C11H20BrNO3. The molecular weight excluding hydrogens is 274 g/mol. The number of halogens is 1. The highest BCUT2D eigenvalue weighted by molar-refractivity contribution is 9.10. The Balaban J connectivity index is 2.38. The molecule has 0 bridgehead atoms. The lowest BCUT2D eigenvalue weighted by Gasteiger charge is -2.38. The summed E-state index contributed by atoms with van der Waals surface area (Å²) in [6.45, 7) is 1.71. The average Bonchev–Trinajstić information content (AvgIpc) is 2.22. The van der Waals surface area contributed by atoms with Crippen LogP contribution in [0.5, 0.6) is 0 Å². The van der Waals surface area contributed by atoms with Gasteiger partial charge in [0.15, 0.2) is 0 Å². The SMILES string of the molecule is COC(=O)C(Br)CN(CCCO)C1CCC1. The van der Waals surface area contributed by atoms with Gasteiger partial charge in [0.05, 0.1) is 7.11 Å².